The third-order valence-electron chi connectivity index (χ3n) is 0.357. The van der Waals surface area contributed by atoms with Gasteiger partial charge in [0.25, 0.3) is 0 Å². The van der Waals surface area contributed by atoms with Gasteiger partial charge in [-0.3, -0.25) is 0 Å². The van der Waals surface area contributed by atoms with E-state index in [0.29, 0.717) is 0 Å². The van der Waals surface area contributed by atoms with Crippen LogP contribution < -0.4 is 29.6 Å². The predicted molar refractivity (Wildman–Crippen MR) is 34.4 cm³/mol. The average molecular weight is 154 g/mol. The van der Waals surface area contributed by atoms with Crippen LogP contribution >= 0.6 is 0 Å². The summed E-state index contributed by atoms with van der Waals surface area (Å²) in [6, 6.07) is 0. The Morgan fingerprint density at radius 2 is 2.00 bits per heavy atom. The molecule has 0 heterocycles. The van der Waals surface area contributed by atoms with Crippen molar-refractivity contribution in [3.8, 4) is 0 Å². The van der Waals surface area contributed by atoms with Gasteiger partial charge in [-0.2, -0.15) is 6.42 Å². The molecule has 0 saturated heterocycles. The minimum Gasteiger partial charge on any atom is -0.566 e. The van der Waals surface area contributed by atoms with Gasteiger partial charge < -0.3 is 10.2 Å². The van der Waals surface area contributed by atoms with Gasteiger partial charge in [-0.05, 0) is 0 Å². The van der Waals surface area contributed by atoms with Crippen LogP contribution in [0.1, 0.15) is 13.3 Å². The van der Waals surface area contributed by atoms with Crippen LogP contribution in [0.4, 0.5) is 0 Å². The van der Waals surface area contributed by atoms with E-state index in [0.717, 1.165) is 19.1 Å². The van der Waals surface area contributed by atoms with E-state index in [1.54, 1.807) is 0 Å². The van der Waals surface area contributed by atoms with E-state index in [9.17, 15) is 4.79 Å². The first kappa shape index (κ1) is 16.6. The number of hydrogen-bond donors (Lipinski definition) is 2. The van der Waals surface area contributed by atoms with Crippen molar-refractivity contribution in [3.05, 3.63) is 19.3 Å². The summed E-state index contributed by atoms with van der Waals surface area (Å²) in [6.07, 6.45) is 1.58. The van der Waals surface area contributed by atoms with Gasteiger partial charge in [0.15, 0.2) is 0 Å². The van der Waals surface area contributed by atoms with Crippen molar-refractivity contribution in [3.63, 3.8) is 0 Å². The molecule has 0 fully saturated rings. The fraction of sp³-hybridized carbons (Fsp3) is 0.333. The number of carboxylic acids is 1. The Balaban J connectivity index is -0.0000000910. The molecule has 10 heavy (non-hydrogen) atoms. The summed E-state index contributed by atoms with van der Waals surface area (Å²) in [5, 5.41) is 15.4. The largest absolute Gasteiger partial charge is 1.00 e. The van der Waals surface area contributed by atoms with Crippen molar-refractivity contribution in [1.82, 2.24) is 0 Å². The standard InChI is InChI=1S/C3H4O2.C3H7O.Na/c1-2-3(4)5;1-2-3-4;/h2H,1H2,(H,4,5);3-4H,2H2,1H3;/q;-1;+1. The van der Waals surface area contributed by atoms with Crippen LogP contribution in [0.3, 0.4) is 0 Å². The fourth-order valence-electron chi connectivity index (χ4n) is 0. The first-order valence-corrected chi connectivity index (χ1v) is 2.50. The zero-order chi connectivity index (χ0) is 7.70. The van der Waals surface area contributed by atoms with Gasteiger partial charge in [-0.25, -0.2) is 11.4 Å². The molecule has 0 bridgehead atoms. The van der Waals surface area contributed by atoms with Gasteiger partial charge >= 0.3 is 35.5 Å². The van der Waals surface area contributed by atoms with Crippen LogP contribution in [-0.2, 0) is 4.79 Å². The smallest absolute Gasteiger partial charge is 0.566 e. The summed E-state index contributed by atoms with van der Waals surface area (Å²) in [7, 11) is 0. The van der Waals surface area contributed by atoms with Crippen molar-refractivity contribution in [1.29, 1.82) is 0 Å². The first-order valence-electron chi connectivity index (χ1n) is 2.50. The molecule has 2 N–H and O–H groups in total. The van der Waals surface area contributed by atoms with Gasteiger partial charge in [-0.1, -0.05) is 13.5 Å². The van der Waals surface area contributed by atoms with Crippen molar-refractivity contribution < 1.29 is 44.6 Å². The average Bonchev–Trinajstić information content (AvgIpc) is 1.89. The molecule has 0 aromatic rings. The van der Waals surface area contributed by atoms with Gasteiger partial charge in [0.2, 0.25) is 0 Å². The topological polar surface area (TPSA) is 57.5 Å². The number of hydrogen-bond acceptors (Lipinski definition) is 2. The fourth-order valence-corrected chi connectivity index (χ4v) is 0. The monoisotopic (exact) mass is 154 g/mol. The van der Waals surface area contributed by atoms with E-state index in [-0.39, 0.29) is 29.6 Å². The van der Waals surface area contributed by atoms with E-state index < -0.39 is 5.97 Å². The number of rotatable bonds is 2. The van der Waals surface area contributed by atoms with Crippen molar-refractivity contribution in [2.24, 2.45) is 0 Å². The Morgan fingerprint density at radius 1 is 1.80 bits per heavy atom. The maximum atomic E-state index is 9.25. The second-order valence-electron chi connectivity index (χ2n) is 1.13. The summed E-state index contributed by atoms with van der Waals surface area (Å²) in [4.78, 5) is 9.25. The summed E-state index contributed by atoms with van der Waals surface area (Å²) in [6.45, 7) is 5.96. The molecule has 0 saturated carbocycles. The molecule has 0 unspecified atom stereocenters. The minimum atomic E-state index is -0.981. The summed E-state index contributed by atoms with van der Waals surface area (Å²) in [5.41, 5.74) is 0. The minimum absolute atomic E-state index is 0. The van der Waals surface area contributed by atoms with Gasteiger partial charge in [0.05, 0.1) is 0 Å². The Bertz CT molecular complexity index is 81.1. The van der Waals surface area contributed by atoms with Crippen LogP contribution in [-0.4, -0.2) is 16.2 Å². The molecule has 3 nitrogen and oxygen atoms in total. The van der Waals surface area contributed by atoms with Crippen LogP contribution in [0.25, 0.3) is 0 Å². The Labute approximate surface area is 83.0 Å². The van der Waals surface area contributed by atoms with Crippen LogP contribution in [0, 0.1) is 6.61 Å². The summed E-state index contributed by atoms with van der Waals surface area (Å²) >= 11 is 0. The van der Waals surface area contributed by atoms with Crippen LogP contribution in [0.5, 0.6) is 0 Å². The Hall–Kier alpha value is 0.170. The molecular weight excluding hydrogens is 143 g/mol. The zero-order valence-electron chi connectivity index (χ0n) is 6.37. The van der Waals surface area contributed by atoms with Crippen molar-refractivity contribution in [2.45, 2.75) is 13.3 Å². The number of carbonyl (C=O) groups is 1. The number of aliphatic carboxylic acids is 1. The van der Waals surface area contributed by atoms with Gasteiger partial charge in [-0.15, -0.1) is 0 Å². The summed E-state index contributed by atoms with van der Waals surface area (Å²) in [5.74, 6) is -0.981. The molecule has 0 aromatic heterocycles. The van der Waals surface area contributed by atoms with E-state index in [4.69, 9.17) is 10.2 Å². The molecule has 0 aliphatic rings. The Morgan fingerprint density at radius 3 is 2.00 bits per heavy atom. The van der Waals surface area contributed by atoms with E-state index >= 15 is 0 Å². The van der Waals surface area contributed by atoms with E-state index in [1.807, 2.05) is 6.92 Å². The third kappa shape index (κ3) is 41.8. The number of carboxylic acid groups (broad SMARTS) is 1. The molecule has 0 aliphatic heterocycles. The second-order valence-corrected chi connectivity index (χ2v) is 1.13. The SMILES string of the molecule is C=CC(=O)O.CC[CH-]O.[Na+]. The van der Waals surface area contributed by atoms with Crippen molar-refractivity contribution >= 4 is 5.97 Å². The van der Waals surface area contributed by atoms with E-state index in [1.165, 1.54) is 0 Å². The zero-order valence-corrected chi connectivity index (χ0v) is 8.37. The molecule has 0 atom stereocenters. The summed E-state index contributed by atoms with van der Waals surface area (Å²) < 4.78 is 0. The molecule has 0 rings (SSSR count). The van der Waals surface area contributed by atoms with E-state index in [2.05, 4.69) is 6.58 Å². The second kappa shape index (κ2) is 16.1. The molecule has 0 aliphatic carbocycles. The van der Waals surface area contributed by atoms with Crippen LogP contribution in [0.15, 0.2) is 12.7 Å². The van der Waals surface area contributed by atoms with Gasteiger partial charge in [0.1, 0.15) is 0 Å². The first-order chi connectivity index (χ1) is 4.18. The molecule has 4 heteroatoms. The maximum Gasteiger partial charge on any atom is 1.00 e. The Kier molecular flexibility index (Phi) is 26.7. The molecule has 0 amide bonds. The maximum absolute atomic E-state index is 9.25. The predicted octanol–water partition coefficient (Wildman–Crippen LogP) is -1.81. The third-order valence-corrected chi connectivity index (χ3v) is 0.357. The van der Waals surface area contributed by atoms with Crippen molar-refractivity contribution in [2.75, 3.05) is 0 Å². The molecule has 0 spiro atoms. The van der Waals surface area contributed by atoms with Crippen LogP contribution in [0.2, 0.25) is 0 Å². The molecule has 54 valence electrons. The normalized spacial score (nSPS) is 6.20. The number of aliphatic hydroxyl groups is 1. The van der Waals surface area contributed by atoms with Gasteiger partial charge in [0, 0.05) is 6.08 Å². The number of aliphatic hydroxyl groups excluding tert-OH is 1. The molecular formula is C6H11NaO3. The molecule has 0 aromatic carbocycles. The quantitative estimate of drug-likeness (QED) is 0.280. The molecule has 0 radical (unpaired) electrons.